The van der Waals surface area contributed by atoms with E-state index in [2.05, 4.69) is 54.0 Å². The van der Waals surface area contributed by atoms with Crippen LogP contribution in [0, 0.1) is 0 Å². The first-order chi connectivity index (χ1) is 14.3. The number of halogens is 1. The molecule has 0 spiro atoms. The standard InChI is InChI=1S/C24H31N3O2.HI/c1-2-25-24(27-22-14-21-11-12-23(22)29-21)26-15-19-9-6-10-20(13-19)17-28-16-18-7-4-3-5-8-18;/h3-10,13,21-23H,2,11-12,14-17H2,1H3,(H2,25,26,27);1H. The van der Waals surface area contributed by atoms with Crippen LogP contribution in [0.3, 0.4) is 0 Å². The van der Waals surface area contributed by atoms with E-state index in [-0.39, 0.29) is 24.0 Å². The van der Waals surface area contributed by atoms with E-state index in [9.17, 15) is 0 Å². The molecule has 2 saturated heterocycles. The number of nitrogens with one attached hydrogen (secondary N) is 2. The topological polar surface area (TPSA) is 54.9 Å². The van der Waals surface area contributed by atoms with Crippen LogP contribution in [0.1, 0.15) is 42.9 Å². The summed E-state index contributed by atoms with van der Waals surface area (Å²) in [6.45, 7) is 4.82. The zero-order valence-corrected chi connectivity index (χ0v) is 19.9. The highest BCUT2D eigenvalue weighted by molar-refractivity contribution is 14.0. The van der Waals surface area contributed by atoms with Crippen molar-refractivity contribution in [1.29, 1.82) is 0 Å². The molecule has 2 fully saturated rings. The van der Waals surface area contributed by atoms with Gasteiger partial charge in [-0.05, 0) is 42.9 Å². The molecule has 0 aliphatic carbocycles. The minimum absolute atomic E-state index is 0. The van der Waals surface area contributed by atoms with Crippen molar-refractivity contribution in [3.63, 3.8) is 0 Å². The lowest BCUT2D eigenvalue weighted by atomic mass is 9.96. The Morgan fingerprint density at radius 3 is 2.53 bits per heavy atom. The first kappa shape index (κ1) is 23.0. The molecule has 0 aromatic heterocycles. The first-order valence-corrected chi connectivity index (χ1v) is 10.7. The summed E-state index contributed by atoms with van der Waals surface area (Å²) >= 11 is 0. The van der Waals surface area contributed by atoms with Crippen molar-refractivity contribution in [2.45, 2.75) is 64.2 Å². The summed E-state index contributed by atoms with van der Waals surface area (Å²) in [5, 5.41) is 6.94. The molecule has 162 valence electrons. The van der Waals surface area contributed by atoms with E-state index in [1.807, 2.05) is 18.2 Å². The number of ether oxygens (including phenoxy) is 2. The second kappa shape index (κ2) is 11.7. The maximum Gasteiger partial charge on any atom is 0.191 e. The fourth-order valence-corrected chi connectivity index (χ4v) is 4.13. The van der Waals surface area contributed by atoms with Gasteiger partial charge in [0, 0.05) is 6.54 Å². The maximum absolute atomic E-state index is 5.95. The Morgan fingerprint density at radius 2 is 1.80 bits per heavy atom. The Labute approximate surface area is 196 Å². The summed E-state index contributed by atoms with van der Waals surface area (Å²) in [5.41, 5.74) is 3.56. The molecule has 0 amide bonds. The minimum atomic E-state index is 0. The van der Waals surface area contributed by atoms with Crippen molar-refractivity contribution >= 4 is 29.9 Å². The molecule has 2 N–H and O–H groups in total. The molecular weight excluding hydrogens is 489 g/mol. The van der Waals surface area contributed by atoms with E-state index in [0.29, 0.717) is 38.0 Å². The van der Waals surface area contributed by atoms with Crippen LogP contribution in [0.5, 0.6) is 0 Å². The summed E-state index contributed by atoms with van der Waals surface area (Å²) in [4.78, 5) is 4.80. The Morgan fingerprint density at radius 1 is 1.03 bits per heavy atom. The highest BCUT2D eigenvalue weighted by Crippen LogP contribution is 2.34. The van der Waals surface area contributed by atoms with E-state index >= 15 is 0 Å². The van der Waals surface area contributed by atoms with Gasteiger partial charge in [0.15, 0.2) is 5.96 Å². The third kappa shape index (κ3) is 6.43. The number of hydrogen-bond acceptors (Lipinski definition) is 3. The molecule has 4 rings (SSSR count). The van der Waals surface area contributed by atoms with Gasteiger partial charge in [0.2, 0.25) is 0 Å². The number of fused-ring (bicyclic) bond motifs is 2. The van der Waals surface area contributed by atoms with Gasteiger partial charge < -0.3 is 20.1 Å². The monoisotopic (exact) mass is 521 g/mol. The van der Waals surface area contributed by atoms with Gasteiger partial charge in [0.25, 0.3) is 0 Å². The van der Waals surface area contributed by atoms with Gasteiger partial charge in [0.05, 0.1) is 38.0 Å². The normalized spacial score (nSPS) is 22.6. The Kier molecular flexibility index (Phi) is 8.96. The summed E-state index contributed by atoms with van der Waals surface area (Å²) in [6, 6.07) is 19.1. The molecule has 3 unspecified atom stereocenters. The molecule has 2 aliphatic rings. The molecule has 2 bridgehead atoms. The Balaban J connectivity index is 0.00000256. The van der Waals surface area contributed by atoms with E-state index in [4.69, 9.17) is 14.5 Å². The van der Waals surface area contributed by atoms with E-state index in [1.165, 1.54) is 23.1 Å². The van der Waals surface area contributed by atoms with Crippen LogP contribution in [0.2, 0.25) is 0 Å². The predicted molar refractivity (Wildman–Crippen MR) is 131 cm³/mol. The lowest BCUT2D eigenvalue weighted by Crippen LogP contribution is -2.47. The van der Waals surface area contributed by atoms with Crippen LogP contribution in [0.25, 0.3) is 0 Å². The van der Waals surface area contributed by atoms with E-state index in [1.54, 1.807) is 0 Å². The van der Waals surface area contributed by atoms with Crippen molar-refractivity contribution < 1.29 is 9.47 Å². The molecule has 2 aliphatic heterocycles. The fourth-order valence-electron chi connectivity index (χ4n) is 4.13. The summed E-state index contributed by atoms with van der Waals surface area (Å²) in [7, 11) is 0. The lowest BCUT2D eigenvalue weighted by Gasteiger charge is -2.22. The first-order valence-electron chi connectivity index (χ1n) is 10.7. The van der Waals surface area contributed by atoms with Gasteiger partial charge in [0.1, 0.15) is 0 Å². The third-order valence-corrected chi connectivity index (χ3v) is 5.56. The number of hydrogen-bond donors (Lipinski definition) is 2. The second-order valence-corrected chi connectivity index (χ2v) is 7.85. The zero-order chi connectivity index (χ0) is 19.9. The summed E-state index contributed by atoms with van der Waals surface area (Å²) in [5.74, 6) is 0.874. The highest BCUT2D eigenvalue weighted by Gasteiger charge is 2.41. The molecule has 0 radical (unpaired) electrons. The fraction of sp³-hybridized carbons (Fsp3) is 0.458. The van der Waals surface area contributed by atoms with Crippen LogP contribution < -0.4 is 10.6 Å². The number of guanidine groups is 1. The molecule has 0 saturated carbocycles. The molecule has 3 atom stereocenters. The second-order valence-electron chi connectivity index (χ2n) is 7.85. The van der Waals surface area contributed by atoms with Crippen molar-refractivity contribution in [2.24, 2.45) is 4.99 Å². The average molecular weight is 521 g/mol. The molecule has 6 heteroatoms. The number of aliphatic imine (C=N–C) groups is 1. The van der Waals surface area contributed by atoms with Crippen LogP contribution >= 0.6 is 24.0 Å². The molecule has 2 heterocycles. The Bertz CT molecular complexity index is 815. The van der Waals surface area contributed by atoms with E-state index in [0.717, 1.165) is 25.3 Å². The largest absolute Gasteiger partial charge is 0.373 e. The summed E-state index contributed by atoms with van der Waals surface area (Å²) in [6.07, 6.45) is 4.23. The molecule has 30 heavy (non-hydrogen) atoms. The zero-order valence-electron chi connectivity index (χ0n) is 17.5. The number of rotatable bonds is 8. The van der Waals surface area contributed by atoms with Crippen molar-refractivity contribution in [2.75, 3.05) is 6.54 Å². The highest BCUT2D eigenvalue weighted by atomic mass is 127. The van der Waals surface area contributed by atoms with Gasteiger partial charge in [-0.3, -0.25) is 0 Å². The molecule has 2 aromatic rings. The smallest absolute Gasteiger partial charge is 0.191 e. The van der Waals surface area contributed by atoms with Gasteiger partial charge in [-0.15, -0.1) is 24.0 Å². The molecular formula is C24H32IN3O2. The average Bonchev–Trinajstić information content (AvgIpc) is 3.37. The predicted octanol–water partition coefficient (Wildman–Crippen LogP) is 4.40. The van der Waals surface area contributed by atoms with Gasteiger partial charge >= 0.3 is 0 Å². The van der Waals surface area contributed by atoms with Crippen molar-refractivity contribution in [1.82, 2.24) is 10.6 Å². The molecule has 5 nitrogen and oxygen atoms in total. The third-order valence-electron chi connectivity index (χ3n) is 5.56. The molecule has 2 aromatic carbocycles. The quantitative estimate of drug-likeness (QED) is 0.307. The van der Waals surface area contributed by atoms with Crippen LogP contribution in [-0.2, 0) is 29.2 Å². The van der Waals surface area contributed by atoms with Crippen LogP contribution in [-0.4, -0.2) is 30.8 Å². The minimum Gasteiger partial charge on any atom is -0.373 e. The van der Waals surface area contributed by atoms with E-state index < -0.39 is 0 Å². The number of nitrogens with zero attached hydrogens (tertiary/aromatic N) is 1. The lowest BCUT2D eigenvalue weighted by molar-refractivity contribution is 0.0992. The van der Waals surface area contributed by atoms with Crippen LogP contribution in [0.15, 0.2) is 59.6 Å². The number of benzene rings is 2. The van der Waals surface area contributed by atoms with Gasteiger partial charge in [-0.25, -0.2) is 4.99 Å². The van der Waals surface area contributed by atoms with Crippen LogP contribution in [0.4, 0.5) is 0 Å². The van der Waals surface area contributed by atoms with Gasteiger partial charge in [-0.2, -0.15) is 0 Å². The maximum atomic E-state index is 5.95. The van der Waals surface area contributed by atoms with Crippen molar-refractivity contribution in [3.05, 3.63) is 71.3 Å². The SMILES string of the molecule is CCNC(=NCc1cccc(COCc2ccccc2)c1)NC1CC2CCC1O2.I. The Hall–Kier alpha value is -1.64. The van der Waals surface area contributed by atoms with Gasteiger partial charge in [-0.1, -0.05) is 54.6 Å². The van der Waals surface area contributed by atoms with Crippen molar-refractivity contribution in [3.8, 4) is 0 Å². The summed E-state index contributed by atoms with van der Waals surface area (Å²) < 4.78 is 11.8.